The second kappa shape index (κ2) is 19.0. The molecule has 2 heteroatoms. The van der Waals surface area contributed by atoms with E-state index in [0.717, 1.165) is 25.9 Å². The van der Waals surface area contributed by atoms with Crippen LogP contribution >= 0.6 is 0 Å². The quantitative estimate of drug-likeness (QED) is 0.312. The predicted molar refractivity (Wildman–Crippen MR) is 99.5 cm³/mol. The van der Waals surface area contributed by atoms with Crippen LogP contribution in [0.25, 0.3) is 0 Å². The van der Waals surface area contributed by atoms with E-state index in [-0.39, 0.29) is 6.10 Å². The van der Waals surface area contributed by atoms with Crippen LogP contribution in [-0.4, -0.2) is 24.3 Å². The van der Waals surface area contributed by atoms with Gasteiger partial charge in [-0.2, -0.15) is 0 Å². The van der Waals surface area contributed by atoms with Crippen LogP contribution in [0.2, 0.25) is 0 Å². The standard InChI is InChI=1S/C20H43NO/c1-3-5-7-8-9-10-11-12-13-14-15-16-18-21-19-20(22)17-6-4-2/h20-22H,3-19H2,1-2H3. The molecule has 0 aromatic heterocycles. The minimum Gasteiger partial charge on any atom is -0.392 e. The van der Waals surface area contributed by atoms with Crippen LogP contribution in [0, 0.1) is 0 Å². The molecule has 0 spiro atoms. The lowest BCUT2D eigenvalue weighted by Gasteiger charge is -2.11. The summed E-state index contributed by atoms with van der Waals surface area (Å²) in [5, 5.41) is 13.1. The number of unbranched alkanes of at least 4 members (excludes halogenated alkanes) is 12. The average molecular weight is 314 g/mol. The van der Waals surface area contributed by atoms with Gasteiger partial charge < -0.3 is 10.4 Å². The zero-order valence-electron chi connectivity index (χ0n) is 15.5. The van der Waals surface area contributed by atoms with Gasteiger partial charge in [-0.1, -0.05) is 97.3 Å². The van der Waals surface area contributed by atoms with Crippen molar-refractivity contribution in [1.82, 2.24) is 5.32 Å². The Morgan fingerprint density at radius 1 is 0.636 bits per heavy atom. The van der Waals surface area contributed by atoms with Gasteiger partial charge in [-0.25, -0.2) is 0 Å². The number of hydrogen-bond acceptors (Lipinski definition) is 2. The van der Waals surface area contributed by atoms with Crippen LogP contribution in [0.1, 0.15) is 110 Å². The Morgan fingerprint density at radius 3 is 1.59 bits per heavy atom. The highest BCUT2D eigenvalue weighted by Gasteiger charge is 2.01. The lowest BCUT2D eigenvalue weighted by molar-refractivity contribution is 0.158. The van der Waals surface area contributed by atoms with E-state index in [1.165, 1.54) is 83.5 Å². The molecule has 1 atom stereocenters. The van der Waals surface area contributed by atoms with Gasteiger partial charge in [-0.3, -0.25) is 0 Å². The number of hydrogen-bond donors (Lipinski definition) is 2. The molecule has 0 aliphatic carbocycles. The summed E-state index contributed by atoms with van der Waals surface area (Å²) in [6.45, 7) is 6.30. The van der Waals surface area contributed by atoms with Crippen LogP contribution in [0.5, 0.6) is 0 Å². The lowest BCUT2D eigenvalue weighted by atomic mass is 10.1. The van der Waals surface area contributed by atoms with Crippen molar-refractivity contribution in [3.8, 4) is 0 Å². The molecule has 0 heterocycles. The normalized spacial score (nSPS) is 12.7. The second-order valence-corrected chi connectivity index (χ2v) is 6.89. The van der Waals surface area contributed by atoms with Gasteiger partial charge in [0, 0.05) is 6.54 Å². The third kappa shape index (κ3) is 18.0. The fraction of sp³-hybridized carbons (Fsp3) is 1.00. The van der Waals surface area contributed by atoms with Crippen LogP contribution in [0.4, 0.5) is 0 Å². The third-order valence-electron chi connectivity index (χ3n) is 4.48. The molecular formula is C20H43NO. The molecule has 0 rings (SSSR count). The van der Waals surface area contributed by atoms with Crippen molar-refractivity contribution in [3.05, 3.63) is 0 Å². The van der Waals surface area contributed by atoms with E-state index in [1.807, 2.05) is 0 Å². The first-order valence-corrected chi connectivity index (χ1v) is 10.2. The van der Waals surface area contributed by atoms with Crippen LogP contribution in [0.15, 0.2) is 0 Å². The highest BCUT2D eigenvalue weighted by molar-refractivity contribution is 4.59. The summed E-state index contributed by atoms with van der Waals surface area (Å²) in [4.78, 5) is 0. The largest absolute Gasteiger partial charge is 0.392 e. The number of nitrogens with one attached hydrogen (secondary N) is 1. The van der Waals surface area contributed by atoms with E-state index in [2.05, 4.69) is 19.2 Å². The summed E-state index contributed by atoms with van der Waals surface area (Å²) in [5.41, 5.74) is 0. The molecule has 0 fully saturated rings. The summed E-state index contributed by atoms with van der Waals surface area (Å²) in [5.74, 6) is 0. The Balaban J connectivity index is 3.02. The summed E-state index contributed by atoms with van der Waals surface area (Å²) < 4.78 is 0. The Hall–Kier alpha value is -0.0800. The number of rotatable bonds is 18. The van der Waals surface area contributed by atoms with E-state index < -0.39 is 0 Å². The zero-order chi connectivity index (χ0) is 16.3. The predicted octanol–water partition coefficient (Wildman–Crippen LogP) is 5.83. The van der Waals surface area contributed by atoms with Crippen molar-refractivity contribution in [3.63, 3.8) is 0 Å². The van der Waals surface area contributed by atoms with Crippen molar-refractivity contribution in [2.75, 3.05) is 13.1 Å². The Kier molecular flexibility index (Phi) is 18.9. The van der Waals surface area contributed by atoms with E-state index >= 15 is 0 Å². The van der Waals surface area contributed by atoms with Crippen molar-refractivity contribution in [2.45, 2.75) is 116 Å². The Bertz CT molecular complexity index is 196. The van der Waals surface area contributed by atoms with E-state index in [4.69, 9.17) is 0 Å². The molecule has 0 radical (unpaired) electrons. The lowest BCUT2D eigenvalue weighted by Crippen LogP contribution is -2.27. The molecule has 2 nitrogen and oxygen atoms in total. The van der Waals surface area contributed by atoms with E-state index in [1.54, 1.807) is 0 Å². The van der Waals surface area contributed by atoms with Gasteiger partial charge in [-0.15, -0.1) is 0 Å². The monoisotopic (exact) mass is 313 g/mol. The van der Waals surface area contributed by atoms with Gasteiger partial charge in [0.15, 0.2) is 0 Å². The maximum atomic E-state index is 9.71. The van der Waals surface area contributed by atoms with Gasteiger partial charge in [0.05, 0.1) is 6.10 Å². The van der Waals surface area contributed by atoms with Gasteiger partial charge in [0.2, 0.25) is 0 Å². The minimum atomic E-state index is -0.141. The molecule has 0 bridgehead atoms. The SMILES string of the molecule is CCCCCCCCCCCCCCNCC(O)CCCC. The van der Waals surface area contributed by atoms with Crippen molar-refractivity contribution in [2.24, 2.45) is 0 Å². The van der Waals surface area contributed by atoms with Crippen molar-refractivity contribution in [1.29, 1.82) is 0 Å². The first-order valence-electron chi connectivity index (χ1n) is 10.2. The first-order chi connectivity index (χ1) is 10.8. The van der Waals surface area contributed by atoms with Crippen LogP contribution in [-0.2, 0) is 0 Å². The minimum absolute atomic E-state index is 0.141. The van der Waals surface area contributed by atoms with Gasteiger partial charge >= 0.3 is 0 Å². The fourth-order valence-electron chi connectivity index (χ4n) is 2.90. The molecule has 0 aromatic rings. The van der Waals surface area contributed by atoms with Gasteiger partial charge in [0.25, 0.3) is 0 Å². The third-order valence-corrected chi connectivity index (χ3v) is 4.48. The van der Waals surface area contributed by atoms with E-state index in [9.17, 15) is 5.11 Å². The molecule has 2 N–H and O–H groups in total. The van der Waals surface area contributed by atoms with Gasteiger partial charge in [0.1, 0.15) is 0 Å². The molecule has 0 aromatic carbocycles. The molecule has 0 aliphatic rings. The number of aliphatic hydroxyl groups excluding tert-OH is 1. The molecule has 0 saturated heterocycles. The van der Waals surface area contributed by atoms with Crippen molar-refractivity contribution >= 4 is 0 Å². The molecule has 134 valence electrons. The molecule has 22 heavy (non-hydrogen) atoms. The molecule has 1 unspecified atom stereocenters. The highest BCUT2D eigenvalue weighted by atomic mass is 16.3. The highest BCUT2D eigenvalue weighted by Crippen LogP contribution is 2.11. The maximum absolute atomic E-state index is 9.71. The molecule has 0 amide bonds. The zero-order valence-corrected chi connectivity index (χ0v) is 15.5. The summed E-state index contributed by atoms with van der Waals surface area (Å²) in [6, 6.07) is 0. The van der Waals surface area contributed by atoms with Crippen LogP contribution < -0.4 is 5.32 Å². The smallest absolute Gasteiger partial charge is 0.0664 e. The molecular weight excluding hydrogens is 270 g/mol. The maximum Gasteiger partial charge on any atom is 0.0664 e. The van der Waals surface area contributed by atoms with Crippen molar-refractivity contribution < 1.29 is 5.11 Å². The molecule has 0 saturated carbocycles. The summed E-state index contributed by atoms with van der Waals surface area (Å²) in [7, 11) is 0. The second-order valence-electron chi connectivity index (χ2n) is 6.89. The summed E-state index contributed by atoms with van der Waals surface area (Å²) in [6.07, 6.45) is 19.9. The topological polar surface area (TPSA) is 32.3 Å². The average Bonchev–Trinajstić information content (AvgIpc) is 2.53. The van der Waals surface area contributed by atoms with Gasteiger partial charge in [-0.05, 0) is 19.4 Å². The van der Waals surface area contributed by atoms with E-state index in [0.29, 0.717) is 0 Å². The fourth-order valence-corrected chi connectivity index (χ4v) is 2.90. The molecule has 0 aliphatic heterocycles. The number of aliphatic hydroxyl groups is 1. The Labute approximate surface area is 140 Å². The first kappa shape index (κ1) is 21.9. The summed E-state index contributed by atoms with van der Waals surface area (Å²) >= 11 is 0. The Morgan fingerprint density at radius 2 is 1.09 bits per heavy atom. The van der Waals surface area contributed by atoms with Crippen LogP contribution in [0.3, 0.4) is 0 Å².